The van der Waals surface area contributed by atoms with Gasteiger partial charge in [-0.2, -0.15) is 4.99 Å². The summed E-state index contributed by atoms with van der Waals surface area (Å²) in [5, 5.41) is 0.608. The van der Waals surface area contributed by atoms with E-state index in [4.69, 9.17) is 21.1 Å². The molecule has 0 spiro atoms. The number of ether oxygens (including phenoxy) is 2. The quantitative estimate of drug-likeness (QED) is 0.637. The number of carbonyl (C=O) groups excluding carboxylic acids is 1. The first-order chi connectivity index (χ1) is 10.5. The molecule has 5 heteroatoms. The van der Waals surface area contributed by atoms with Crippen molar-refractivity contribution in [3.05, 3.63) is 64.2 Å². The zero-order chi connectivity index (χ0) is 16.1. The zero-order valence-electron chi connectivity index (χ0n) is 12.6. The van der Waals surface area contributed by atoms with Gasteiger partial charge in [-0.15, -0.1) is 0 Å². The lowest BCUT2D eigenvalue weighted by molar-refractivity contribution is 0.0999. The number of amides is 1. The summed E-state index contributed by atoms with van der Waals surface area (Å²) in [6, 6.07) is 12.1. The Balaban J connectivity index is 2.33. The summed E-state index contributed by atoms with van der Waals surface area (Å²) in [5.74, 6) is 0.575. The van der Waals surface area contributed by atoms with Crippen molar-refractivity contribution in [2.45, 2.75) is 6.92 Å². The maximum Gasteiger partial charge on any atom is 0.280 e. The van der Waals surface area contributed by atoms with Crippen LogP contribution in [0.1, 0.15) is 21.5 Å². The van der Waals surface area contributed by atoms with E-state index in [1.807, 2.05) is 6.92 Å². The number of carbonyl (C=O) groups is 1. The fraction of sp³-hybridized carbons (Fsp3) is 0.176. The summed E-state index contributed by atoms with van der Waals surface area (Å²) >= 11 is 5.85. The number of hydrogen-bond donors (Lipinski definition) is 0. The van der Waals surface area contributed by atoms with E-state index >= 15 is 0 Å². The van der Waals surface area contributed by atoms with Crippen LogP contribution in [0, 0.1) is 6.92 Å². The molecule has 0 atom stereocenters. The molecule has 0 radical (unpaired) electrons. The SMILES string of the molecule is CO/C(=N\C(=O)c1ccc(OC)cc1C)c1ccc(Cl)cc1. The summed E-state index contributed by atoms with van der Waals surface area (Å²) in [6.45, 7) is 1.83. The van der Waals surface area contributed by atoms with Crippen molar-refractivity contribution in [3.8, 4) is 5.75 Å². The van der Waals surface area contributed by atoms with Gasteiger partial charge >= 0.3 is 0 Å². The van der Waals surface area contributed by atoms with E-state index in [1.165, 1.54) is 7.11 Å². The highest BCUT2D eigenvalue weighted by atomic mass is 35.5. The molecule has 0 bridgehead atoms. The Morgan fingerprint density at radius 2 is 1.77 bits per heavy atom. The molecule has 0 N–H and O–H groups in total. The zero-order valence-corrected chi connectivity index (χ0v) is 13.3. The van der Waals surface area contributed by atoms with Crippen LogP contribution < -0.4 is 4.74 Å². The van der Waals surface area contributed by atoms with Gasteiger partial charge < -0.3 is 9.47 Å². The molecule has 0 fully saturated rings. The molecule has 2 aromatic carbocycles. The number of aryl methyl sites for hydroxylation is 1. The molecule has 2 aromatic rings. The predicted molar refractivity (Wildman–Crippen MR) is 87.1 cm³/mol. The van der Waals surface area contributed by atoms with Crippen molar-refractivity contribution in [1.29, 1.82) is 0 Å². The molecule has 4 nitrogen and oxygen atoms in total. The number of rotatable bonds is 3. The number of methoxy groups -OCH3 is 2. The third-order valence-corrected chi connectivity index (χ3v) is 3.40. The molecule has 0 aliphatic rings. The molecule has 0 aliphatic heterocycles. The van der Waals surface area contributed by atoms with Crippen LogP contribution in [-0.2, 0) is 4.74 Å². The van der Waals surface area contributed by atoms with Gasteiger partial charge in [0.1, 0.15) is 5.75 Å². The predicted octanol–water partition coefficient (Wildman–Crippen LogP) is 3.89. The van der Waals surface area contributed by atoms with Crippen LogP contribution in [0.5, 0.6) is 5.75 Å². The highest BCUT2D eigenvalue weighted by molar-refractivity contribution is 6.30. The van der Waals surface area contributed by atoms with Crippen LogP contribution in [0.2, 0.25) is 5.02 Å². The van der Waals surface area contributed by atoms with Crippen LogP contribution >= 0.6 is 11.6 Å². The van der Waals surface area contributed by atoms with Crippen molar-refractivity contribution in [1.82, 2.24) is 0 Å². The van der Waals surface area contributed by atoms with Gasteiger partial charge in [-0.25, -0.2) is 0 Å². The topological polar surface area (TPSA) is 47.9 Å². The van der Waals surface area contributed by atoms with E-state index in [2.05, 4.69) is 4.99 Å². The number of nitrogens with zero attached hydrogens (tertiary/aromatic N) is 1. The average molecular weight is 318 g/mol. The summed E-state index contributed by atoms with van der Waals surface area (Å²) in [4.78, 5) is 16.4. The fourth-order valence-corrected chi connectivity index (χ4v) is 2.10. The normalized spacial score (nSPS) is 11.2. The number of hydrogen-bond acceptors (Lipinski definition) is 3. The number of halogens is 1. The second-order valence-corrected chi connectivity index (χ2v) is 5.05. The first kappa shape index (κ1) is 16.0. The highest BCUT2D eigenvalue weighted by Crippen LogP contribution is 2.18. The third-order valence-electron chi connectivity index (χ3n) is 3.15. The molecule has 0 aromatic heterocycles. The van der Waals surface area contributed by atoms with Crippen LogP contribution in [0.25, 0.3) is 0 Å². The van der Waals surface area contributed by atoms with Crippen molar-refractivity contribution >= 4 is 23.4 Å². The minimum absolute atomic E-state index is 0.247. The monoisotopic (exact) mass is 317 g/mol. The van der Waals surface area contributed by atoms with Gasteiger partial charge in [-0.3, -0.25) is 4.79 Å². The lowest BCUT2D eigenvalue weighted by Crippen LogP contribution is -2.09. The summed E-state index contributed by atoms with van der Waals surface area (Å²) in [5.41, 5.74) is 1.98. The number of aliphatic imine (C=N–C) groups is 1. The molecule has 2 rings (SSSR count). The van der Waals surface area contributed by atoms with Gasteiger partial charge in [0.15, 0.2) is 0 Å². The molecule has 114 valence electrons. The molecule has 22 heavy (non-hydrogen) atoms. The summed E-state index contributed by atoms with van der Waals surface area (Å²) < 4.78 is 10.3. The van der Waals surface area contributed by atoms with E-state index in [-0.39, 0.29) is 11.8 Å². The molecule has 0 unspecified atom stereocenters. The molecule has 0 saturated heterocycles. The maximum atomic E-state index is 12.3. The van der Waals surface area contributed by atoms with Crippen molar-refractivity contribution in [3.63, 3.8) is 0 Å². The average Bonchev–Trinajstić information content (AvgIpc) is 2.53. The molecule has 0 saturated carbocycles. The molecule has 0 heterocycles. The van der Waals surface area contributed by atoms with E-state index in [1.54, 1.807) is 49.6 Å². The Kier molecular flexibility index (Phi) is 5.17. The maximum absolute atomic E-state index is 12.3. The van der Waals surface area contributed by atoms with Crippen molar-refractivity contribution < 1.29 is 14.3 Å². The Bertz CT molecular complexity index is 708. The second kappa shape index (κ2) is 7.09. The van der Waals surface area contributed by atoms with Crippen LogP contribution in [0.15, 0.2) is 47.5 Å². The van der Waals surface area contributed by atoms with E-state index in [0.29, 0.717) is 21.9 Å². The standard InChI is InChI=1S/C17H16ClNO3/c1-11-10-14(21-2)8-9-15(11)16(20)19-17(22-3)12-4-6-13(18)7-5-12/h4-10H,1-3H3/b19-17-. The summed E-state index contributed by atoms with van der Waals surface area (Å²) in [6.07, 6.45) is 0. The van der Waals surface area contributed by atoms with E-state index in [9.17, 15) is 4.79 Å². The molecular formula is C17H16ClNO3. The first-order valence-corrected chi connectivity index (χ1v) is 7.00. The number of benzene rings is 2. The largest absolute Gasteiger partial charge is 0.497 e. The van der Waals surface area contributed by atoms with Gasteiger partial charge in [-0.05, 0) is 55.0 Å². The fourth-order valence-electron chi connectivity index (χ4n) is 1.98. The van der Waals surface area contributed by atoms with Gasteiger partial charge in [0.05, 0.1) is 14.2 Å². The molecule has 1 amide bonds. The second-order valence-electron chi connectivity index (χ2n) is 4.61. The third kappa shape index (κ3) is 3.65. The smallest absolute Gasteiger partial charge is 0.280 e. The van der Waals surface area contributed by atoms with Crippen molar-refractivity contribution in [2.75, 3.05) is 14.2 Å². The minimum atomic E-state index is -0.369. The lowest BCUT2D eigenvalue weighted by Gasteiger charge is -2.07. The Labute approximate surface area is 134 Å². The van der Waals surface area contributed by atoms with Crippen LogP contribution in [0.4, 0.5) is 0 Å². The van der Waals surface area contributed by atoms with Crippen LogP contribution in [0.3, 0.4) is 0 Å². The first-order valence-electron chi connectivity index (χ1n) is 6.62. The van der Waals surface area contributed by atoms with Gasteiger partial charge in [0.25, 0.3) is 5.91 Å². The van der Waals surface area contributed by atoms with Gasteiger partial charge in [-0.1, -0.05) is 11.6 Å². The van der Waals surface area contributed by atoms with E-state index in [0.717, 1.165) is 5.56 Å². The lowest BCUT2D eigenvalue weighted by atomic mass is 10.1. The summed E-state index contributed by atoms with van der Waals surface area (Å²) in [7, 11) is 3.06. The van der Waals surface area contributed by atoms with Gasteiger partial charge in [0.2, 0.25) is 5.90 Å². The van der Waals surface area contributed by atoms with Crippen molar-refractivity contribution in [2.24, 2.45) is 4.99 Å². The van der Waals surface area contributed by atoms with E-state index < -0.39 is 0 Å². The molecule has 0 aliphatic carbocycles. The minimum Gasteiger partial charge on any atom is -0.497 e. The molecular weight excluding hydrogens is 302 g/mol. The van der Waals surface area contributed by atoms with Crippen LogP contribution in [-0.4, -0.2) is 26.0 Å². The Hall–Kier alpha value is -2.33. The van der Waals surface area contributed by atoms with Gasteiger partial charge in [0, 0.05) is 16.1 Å². The Morgan fingerprint density at radius 3 is 2.32 bits per heavy atom. The highest BCUT2D eigenvalue weighted by Gasteiger charge is 2.12. The Morgan fingerprint density at radius 1 is 1.09 bits per heavy atom.